The normalized spacial score (nSPS) is 15.1. The number of fused-ring (bicyclic) bond motifs is 1. The first-order valence-corrected chi connectivity index (χ1v) is 11.8. The van der Waals surface area contributed by atoms with E-state index < -0.39 is 10.0 Å². The van der Waals surface area contributed by atoms with Gasteiger partial charge in [-0.3, -0.25) is 4.72 Å². The van der Waals surface area contributed by atoms with Crippen LogP contribution in [0.2, 0.25) is 0 Å². The second-order valence-corrected chi connectivity index (χ2v) is 9.61. The van der Waals surface area contributed by atoms with Crippen LogP contribution in [0.25, 0.3) is 22.2 Å². The molecule has 7 heteroatoms. The summed E-state index contributed by atoms with van der Waals surface area (Å²) >= 11 is 0. The van der Waals surface area contributed by atoms with Gasteiger partial charge in [-0.05, 0) is 43.0 Å². The molecule has 1 aromatic heterocycles. The summed E-state index contributed by atoms with van der Waals surface area (Å²) in [7, 11) is -1.64. The molecule has 2 aromatic carbocycles. The van der Waals surface area contributed by atoms with Crippen molar-refractivity contribution in [3.8, 4) is 17.0 Å². The molecule has 1 aliphatic rings. The van der Waals surface area contributed by atoms with Gasteiger partial charge >= 0.3 is 0 Å². The molecule has 0 aliphatic heterocycles. The van der Waals surface area contributed by atoms with E-state index in [0.29, 0.717) is 11.6 Å². The highest BCUT2D eigenvalue weighted by Gasteiger charge is 2.22. The highest BCUT2D eigenvalue weighted by atomic mass is 32.2. The molecule has 0 bridgehead atoms. The molecule has 1 aliphatic carbocycles. The second kappa shape index (κ2) is 7.63. The van der Waals surface area contributed by atoms with Crippen LogP contribution in [0.1, 0.15) is 25.7 Å². The second-order valence-electron chi connectivity index (χ2n) is 7.86. The average molecular weight is 414 g/mol. The fraction of sp³-hybridized carbons (Fsp3) is 0.364. The zero-order valence-corrected chi connectivity index (χ0v) is 17.6. The van der Waals surface area contributed by atoms with E-state index in [9.17, 15) is 8.42 Å². The van der Waals surface area contributed by atoms with Gasteiger partial charge in [0.05, 0.1) is 30.3 Å². The summed E-state index contributed by atoms with van der Waals surface area (Å²) in [5.41, 5.74) is 10.9. The number of aromatic nitrogens is 1. The fourth-order valence-electron chi connectivity index (χ4n) is 4.35. The Hall–Kier alpha value is -2.67. The summed E-state index contributed by atoms with van der Waals surface area (Å²) in [5, 5.41) is 1.01. The van der Waals surface area contributed by atoms with Crippen LogP contribution in [0.3, 0.4) is 0 Å². The lowest BCUT2D eigenvalue weighted by atomic mass is 10.1. The van der Waals surface area contributed by atoms with E-state index in [1.807, 2.05) is 30.3 Å². The van der Waals surface area contributed by atoms with E-state index in [2.05, 4.69) is 9.29 Å². The average Bonchev–Trinajstić information content (AvgIpc) is 3.28. The maximum absolute atomic E-state index is 11.5. The number of hydrogen-bond acceptors (Lipinski definition) is 4. The van der Waals surface area contributed by atoms with Crippen molar-refractivity contribution in [3.05, 3.63) is 42.5 Å². The first kappa shape index (κ1) is 19.6. The zero-order chi connectivity index (χ0) is 20.6. The van der Waals surface area contributed by atoms with Crippen LogP contribution in [0.4, 0.5) is 11.4 Å². The lowest BCUT2D eigenvalue weighted by molar-refractivity contribution is 0.415. The van der Waals surface area contributed by atoms with E-state index in [1.54, 1.807) is 19.2 Å². The number of methoxy groups -OCH3 is 1. The monoisotopic (exact) mass is 413 g/mol. The molecule has 154 valence electrons. The number of nitrogen functional groups attached to an aromatic ring is 1. The highest BCUT2D eigenvalue weighted by molar-refractivity contribution is 7.92. The van der Waals surface area contributed by atoms with Crippen molar-refractivity contribution < 1.29 is 13.2 Å². The van der Waals surface area contributed by atoms with Gasteiger partial charge in [0.2, 0.25) is 10.0 Å². The number of rotatable bonds is 6. The molecule has 0 amide bonds. The van der Waals surface area contributed by atoms with Gasteiger partial charge < -0.3 is 15.0 Å². The van der Waals surface area contributed by atoms with E-state index >= 15 is 0 Å². The lowest BCUT2D eigenvalue weighted by Gasteiger charge is -2.16. The first-order chi connectivity index (χ1) is 13.9. The van der Waals surface area contributed by atoms with Crippen molar-refractivity contribution in [2.45, 2.75) is 32.2 Å². The van der Waals surface area contributed by atoms with Crippen LogP contribution in [-0.2, 0) is 16.6 Å². The Labute approximate surface area is 171 Å². The Morgan fingerprint density at radius 3 is 2.45 bits per heavy atom. The highest BCUT2D eigenvalue weighted by Crippen LogP contribution is 2.40. The molecule has 3 aromatic rings. The number of hydrogen-bond donors (Lipinski definition) is 2. The quantitative estimate of drug-likeness (QED) is 0.625. The lowest BCUT2D eigenvalue weighted by Crippen LogP contribution is -2.10. The summed E-state index contributed by atoms with van der Waals surface area (Å²) in [4.78, 5) is 0. The van der Waals surface area contributed by atoms with Gasteiger partial charge in [0, 0.05) is 29.2 Å². The van der Waals surface area contributed by atoms with Gasteiger partial charge in [0.25, 0.3) is 0 Å². The number of ether oxygens (including phenoxy) is 1. The van der Waals surface area contributed by atoms with Crippen LogP contribution < -0.4 is 15.2 Å². The largest absolute Gasteiger partial charge is 0.497 e. The number of nitrogens with two attached hydrogens (primary N) is 1. The van der Waals surface area contributed by atoms with Gasteiger partial charge in [-0.2, -0.15) is 0 Å². The molecule has 0 atom stereocenters. The van der Waals surface area contributed by atoms with E-state index in [0.717, 1.165) is 46.4 Å². The number of sulfonamides is 1. The number of benzene rings is 2. The van der Waals surface area contributed by atoms with Crippen molar-refractivity contribution >= 4 is 32.3 Å². The van der Waals surface area contributed by atoms with Crippen molar-refractivity contribution in [3.63, 3.8) is 0 Å². The van der Waals surface area contributed by atoms with Crippen molar-refractivity contribution in [2.75, 3.05) is 23.8 Å². The smallest absolute Gasteiger partial charge is 0.229 e. The topological polar surface area (TPSA) is 86.3 Å². The Balaban J connectivity index is 1.82. The third kappa shape index (κ3) is 4.05. The molecule has 1 fully saturated rings. The fourth-order valence-corrected chi connectivity index (χ4v) is 4.91. The predicted octanol–water partition coefficient (Wildman–Crippen LogP) is 4.46. The molecule has 0 unspecified atom stereocenters. The molecule has 0 radical (unpaired) electrons. The molecular weight excluding hydrogens is 386 g/mol. The minimum absolute atomic E-state index is 0.537. The Morgan fingerprint density at radius 1 is 1.14 bits per heavy atom. The van der Waals surface area contributed by atoms with Crippen LogP contribution in [0.5, 0.6) is 5.75 Å². The summed E-state index contributed by atoms with van der Waals surface area (Å²) < 4.78 is 33.2. The van der Waals surface area contributed by atoms with Crippen molar-refractivity contribution in [2.24, 2.45) is 5.92 Å². The van der Waals surface area contributed by atoms with Crippen LogP contribution in [0.15, 0.2) is 42.5 Å². The third-order valence-electron chi connectivity index (χ3n) is 5.69. The maximum atomic E-state index is 11.5. The van der Waals surface area contributed by atoms with Crippen LogP contribution >= 0.6 is 0 Å². The third-order valence-corrected chi connectivity index (χ3v) is 6.29. The SMILES string of the molecule is COc1ccc2c(N)c(-c3ccc(NS(C)(=O)=O)cc3)n(CC3CCCC3)c2c1. The first-order valence-electron chi connectivity index (χ1n) is 9.89. The number of nitrogens with one attached hydrogen (secondary N) is 1. The summed E-state index contributed by atoms with van der Waals surface area (Å²) in [6.07, 6.45) is 6.18. The van der Waals surface area contributed by atoms with E-state index in [4.69, 9.17) is 10.5 Å². The molecule has 4 rings (SSSR count). The summed E-state index contributed by atoms with van der Waals surface area (Å²) in [6, 6.07) is 13.4. The van der Waals surface area contributed by atoms with E-state index in [-0.39, 0.29) is 0 Å². The standard InChI is InChI=1S/C22H27N3O3S/c1-28-18-11-12-19-20(13-18)25(14-15-5-3-4-6-15)22(21(19)23)16-7-9-17(10-8-16)24-29(2,26)27/h7-13,15,24H,3-6,14,23H2,1-2H3. The molecule has 1 heterocycles. The van der Waals surface area contributed by atoms with Gasteiger partial charge in [0.1, 0.15) is 5.75 Å². The summed E-state index contributed by atoms with van der Waals surface area (Å²) in [6.45, 7) is 0.916. The minimum atomic E-state index is -3.31. The molecular formula is C22H27N3O3S. The zero-order valence-electron chi connectivity index (χ0n) is 16.8. The predicted molar refractivity (Wildman–Crippen MR) is 119 cm³/mol. The van der Waals surface area contributed by atoms with Gasteiger partial charge in [0.15, 0.2) is 0 Å². The minimum Gasteiger partial charge on any atom is -0.497 e. The van der Waals surface area contributed by atoms with Gasteiger partial charge in [-0.15, -0.1) is 0 Å². The van der Waals surface area contributed by atoms with Crippen molar-refractivity contribution in [1.29, 1.82) is 0 Å². The Bertz CT molecular complexity index is 1130. The molecule has 0 saturated heterocycles. The molecule has 29 heavy (non-hydrogen) atoms. The Kier molecular flexibility index (Phi) is 5.17. The number of nitrogens with zero attached hydrogens (tertiary/aromatic N) is 1. The molecule has 3 N–H and O–H groups in total. The van der Waals surface area contributed by atoms with Gasteiger partial charge in [-0.25, -0.2) is 8.42 Å². The molecule has 6 nitrogen and oxygen atoms in total. The van der Waals surface area contributed by atoms with Crippen molar-refractivity contribution in [1.82, 2.24) is 4.57 Å². The number of anilines is 2. The molecule has 0 spiro atoms. The van der Waals surface area contributed by atoms with Gasteiger partial charge in [-0.1, -0.05) is 25.0 Å². The Morgan fingerprint density at radius 2 is 1.83 bits per heavy atom. The van der Waals surface area contributed by atoms with E-state index in [1.165, 1.54) is 25.7 Å². The van der Waals surface area contributed by atoms with Crippen LogP contribution in [-0.4, -0.2) is 26.4 Å². The van der Waals surface area contributed by atoms with Crippen LogP contribution in [0, 0.1) is 5.92 Å². The summed E-state index contributed by atoms with van der Waals surface area (Å²) in [5.74, 6) is 1.45. The molecule has 1 saturated carbocycles. The maximum Gasteiger partial charge on any atom is 0.229 e.